The number of hydrogen-bond acceptors (Lipinski definition) is 5. The first-order valence-corrected chi connectivity index (χ1v) is 15.6. The lowest BCUT2D eigenvalue weighted by Crippen LogP contribution is -2.60. The van der Waals surface area contributed by atoms with Gasteiger partial charge in [0.05, 0.1) is 30.6 Å². The maximum absolute atomic E-state index is 14.9. The zero-order valence-corrected chi connectivity index (χ0v) is 26.3. The number of fused-ring (bicyclic) bond motifs is 1. The summed E-state index contributed by atoms with van der Waals surface area (Å²) in [5.74, 6) is -2.45. The first-order chi connectivity index (χ1) is 21.1. The van der Waals surface area contributed by atoms with E-state index in [1.54, 1.807) is 26.9 Å². The number of anilines is 1. The normalized spacial score (nSPS) is 26.0. The first-order valence-electron chi connectivity index (χ1n) is 15.6. The Balaban J connectivity index is 1.59. The number of rotatable bonds is 12. The molecule has 3 aliphatic rings. The van der Waals surface area contributed by atoms with Crippen molar-refractivity contribution in [3.05, 3.63) is 90.5 Å². The van der Waals surface area contributed by atoms with Gasteiger partial charge in [0.1, 0.15) is 11.6 Å². The van der Waals surface area contributed by atoms with Gasteiger partial charge in [-0.2, -0.15) is 0 Å². The number of ether oxygens (including phenoxy) is 1. The summed E-state index contributed by atoms with van der Waals surface area (Å²) in [5.41, 5.74) is 2.43. The highest BCUT2D eigenvalue weighted by atomic mass is 16.5. The Labute approximate surface area is 261 Å². The van der Waals surface area contributed by atoms with Gasteiger partial charge in [-0.05, 0) is 49.3 Å². The Morgan fingerprint density at radius 1 is 1.05 bits per heavy atom. The SMILES string of the molecule is C=CCN(Cc1ccccc1)C(=O)[C@@H]1[C@H]2C(=O)N([C@@H](CO)C(C)C)C(C(=O)N(CC=C)c3c(C)cccc3C)C23CC[C@H]1O3. The third-order valence-corrected chi connectivity index (χ3v) is 9.74. The van der Waals surface area contributed by atoms with E-state index in [4.69, 9.17) is 4.74 Å². The second-order valence-electron chi connectivity index (χ2n) is 12.8. The van der Waals surface area contributed by atoms with Gasteiger partial charge in [0, 0.05) is 25.3 Å². The average Bonchev–Trinajstić information content (AvgIpc) is 3.64. The van der Waals surface area contributed by atoms with Crippen molar-refractivity contribution in [2.45, 2.75) is 70.9 Å². The monoisotopic (exact) mass is 599 g/mol. The Bertz CT molecular complexity index is 1400. The number of aliphatic hydroxyl groups is 1. The van der Waals surface area contributed by atoms with E-state index < -0.39 is 35.6 Å². The minimum absolute atomic E-state index is 0.135. The molecule has 0 aromatic heterocycles. The van der Waals surface area contributed by atoms with Crippen LogP contribution in [0.4, 0.5) is 5.69 Å². The van der Waals surface area contributed by atoms with Gasteiger partial charge in [0.15, 0.2) is 0 Å². The molecule has 0 aliphatic carbocycles. The van der Waals surface area contributed by atoms with Crippen molar-refractivity contribution >= 4 is 23.4 Å². The largest absolute Gasteiger partial charge is 0.394 e. The lowest BCUT2D eigenvalue weighted by molar-refractivity contribution is -0.148. The van der Waals surface area contributed by atoms with E-state index in [1.807, 2.05) is 76.2 Å². The number of hydrogen-bond donors (Lipinski definition) is 1. The van der Waals surface area contributed by atoms with Gasteiger partial charge in [-0.15, -0.1) is 13.2 Å². The minimum atomic E-state index is -1.18. The van der Waals surface area contributed by atoms with E-state index in [1.165, 1.54) is 0 Å². The molecule has 2 unspecified atom stereocenters. The smallest absolute Gasteiger partial charge is 0.253 e. The molecule has 3 amide bonds. The highest BCUT2D eigenvalue weighted by Gasteiger charge is 2.75. The lowest BCUT2D eigenvalue weighted by atomic mass is 9.70. The van der Waals surface area contributed by atoms with Crippen LogP contribution in [0.5, 0.6) is 0 Å². The molecule has 44 heavy (non-hydrogen) atoms. The standard InChI is InChI=1S/C36H45N3O5/c1-7-19-37(21-26-15-10-9-11-16-26)33(41)29-28-17-18-36(44-28)30(29)34(42)39(27(22-40)23(3)4)32(36)35(43)38(20-8-2)31-24(5)13-12-14-25(31)6/h7-16,23,27-30,32,40H,1-2,17-22H2,3-6H3/t27-,28+,29-,30-,32?,36?/m0/s1. The van der Waals surface area contributed by atoms with Crippen LogP contribution in [-0.4, -0.2) is 76.1 Å². The van der Waals surface area contributed by atoms with Gasteiger partial charge < -0.3 is 24.5 Å². The molecule has 0 radical (unpaired) electrons. The van der Waals surface area contributed by atoms with E-state index in [-0.39, 0.29) is 36.8 Å². The molecule has 3 heterocycles. The molecule has 1 spiro atoms. The van der Waals surface area contributed by atoms with Crippen LogP contribution in [-0.2, 0) is 25.7 Å². The summed E-state index contributed by atoms with van der Waals surface area (Å²) < 4.78 is 6.74. The van der Waals surface area contributed by atoms with Crippen LogP contribution in [0.15, 0.2) is 73.8 Å². The summed E-state index contributed by atoms with van der Waals surface area (Å²) >= 11 is 0. The Hall–Kier alpha value is -3.75. The number of benzene rings is 2. The number of likely N-dealkylation sites (tertiary alicyclic amines) is 1. The number of para-hydroxylation sites is 1. The number of amides is 3. The number of nitrogens with zero attached hydrogens (tertiary/aromatic N) is 3. The molecule has 6 atom stereocenters. The van der Waals surface area contributed by atoms with E-state index in [0.717, 1.165) is 22.4 Å². The second kappa shape index (κ2) is 12.7. The van der Waals surface area contributed by atoms with E-state index >= 15 is 0 Å². The van der Waals surface area contributed by atoms with Crippen LogP contribution < -0.4 is 4.90 Å². The minimum Gasteiger partial charge on any atom is -0.394 e. The highest BCUT2D eigenvalue weighted by Crippen LogP contribution is 2.59. The van der Waals surface area contributed by atoms with E-state index in [9.17, 15) is 19.5 Å². The first kappa shape index (κ1) is 31.7. The van der Waals surface area contributed by atoms with Crippen LogP contribution >= 0.6 is 0 Å². The van der Waals surface area contributed by atoms with Crippen molar-refractivity contribution in [2.75, 3.05) is 24.6 Å². The molecular formula is C36H45N3O5. The van der Waals surface area contributed by atoms with Gasteiger partial charge >= 0.3 is 0 Å². The van der Waals surface area contributed by atoms with Gasteiger partial charge in [0.25, 0.3) is 5.91 Å². The predicted molar refractivity (Wildman–Crippen MR) is 171 cm³/mol. The van der Waals surface area contributed by atoms with Crippen LogP contribution in [0, 0.1) is 31.6 Å². The highest BCUT2D eigenvalue weighted by molar-refractivity contribution is 6.05. The third kappa shape index (κ3) is 5.18. The summed E-state index contributed by atoms with van der Waals surface area (Å²) in [7, 11) is 0. The second-order valence-corrected chi connectivity index (χ2v) is 12.8. The molecular weight excluding hydrogens is 554 g/mol. The van der Waals surface area contributed by atoms with Crippen molar-refractivity contribution in [3.63, 3.8) is 0 Å². The van der Waals surface area contributed by atoms with Crippen molar-refractivity contribution in [1.82, 2.24) is 9.80 Å². The van der Waals surface area contributed by atoms with E-state index in [2.05, 4.69) is 13.2 Å². The molecule has 0 saturated carbocycles. The topological polar surface area (TPSA) is 90.4 Å². The van der Waals surface area contributed by atoms with Crippen molar-refractivity contribution in [2.24, 2.45) is 17.8 Å². The zero-order chi connectivity index (χ0) is 31.8. The quantitative estimate of drug-likeness (QED) is 0.365. The molecule has 2 aromatic carbocycles. The number of carbonyl (C=O) groups excluding carboxylic acids is 3. The number of aryl methyl sites for hydroxylation is 2. The van der Waals surface area contributed by atoms with Crippen LogP contribution in [0.1, 0.15) is 43.4 Å². The Morgan fingerprint density at radius 3 is 2.30 bits per heavy atom. The van der Waals surface area contributed by atoms with Crippen LogP contribution in [0.3, 0.4) is 0 Å². The Morgan fingerprint density at radius 2 is 1.70 bits per heavy atom. The van der Waals surface area contributed by atoms with Gasteiger partial charge in [-0.1, -0.05) is 74.5 Å². The molecule has 3 aliphatic heterocycles. The van der Waals surface area contributed by atoms with Gasteiger partial charge in [-0.25, -0.2) is 0 Å². The predicted octanol–water partition coefficient (Wildman–Crippen LogP) is 4.43. The fourth-order valence-electron chi connectivity index (χ4n) is 7.83. The van der Waals surface area contributed by atoms with E-state index in [0.29, 0.717) is 25.9 Å². The number of carbonyl (C=O) groups is 3. The molecule has 1 N–H and O–H groups in total. The maximum Gasteiger partial charge on any atom is 0.253 e. The summed E-state index contributed by atoms with van der Waals surface area (Å²) in [6.07, 6.45) is 3.95. The summed E-state index contributed by atoms with van der Waals surface area (Å²) in [6, 6.07) is 14.0. The van der Waals surface area contributed by atoms with Gasteiger partial charge in [-0.3, -0.25) is 14.4 Å². The zero-order valence-electron chi connectivity index (χ0n) is 26.3. The summed E-state index contributed by atoms with van der Waals surface area (Å²) in [4.78, 5) is 49.0. The van der Waals surface area contributed by atoms with Crippen molar-refractivity contribution in [3.8, 4) is 0 Å². The molecule has 2 bridgehead atoms. The average molecular weight is 600 g/mol. The van der Waals surface area contributed by atoms with Crippen LogP contribution in [0.25, 0.3) is 0 Å². The molecule has 5 rings (SSSR count). The number of aliphatic hydroxyl groups excluding tert-OH is 1. The fraction of sp³-hybridized carbons (Fsp3) is 0.472. The summed E-state index contributed by atoms with van der Waals surface area (Å²) in [6.45, 7) is 16.2. The molecule has 2 aromatic rings. The Kier molecular flexibility index (Phi) is 9.14. The fourth-order valence-corrected chi connectivity index (χ4v) is 7.83. The van der Waals surface area contributed by atoms with Crippen LogP contribution in [0.2, 0.25) is 0 Å². The molecule has 234 valence electrons. The molecule has 8 heteroatoms. The van der Waals surface area contributed by atoms with Gasteiger partial charge in [0.2, 0.25) is 11.8 Å². The lowest BCUT2D eigenvalue weighted by Gasteiger charge is -2.41. The van der Waals surface area contributed by atoms with Crippen molar-refractivity contribution in [1.29, 1.82) is 0 Å². The maximum atomic E-state index is 14.9. The third-order valence-electron chi connectivity index (χ3n) is 9.74. The summed E-state index contributed by atoms with van der Waals surface area (Å²) in [5, 5.41) is 10.6. The molecule has 8 nitrogen and oxygen atoms in total. The van der Waals surface area contributed by atoms with Crippen molar-refractivity contribution < 1.29 is 24.2 Å². The molecule has 3 fully saturated rings. The molecule has 3 saturated heterocycles.